The predicted octanol–water partition coefficient (Wildman–Crippen LogP) is 4.03. The quantitative estimate of drug-likeness (QED) is 0.710. The van der Waals surface area contributed by atoms with E-state index in [9.17, 15) is 0 Å². The fourth-order valence-electron chi connectivity index (χ4n) is 1.98. The Morgan fingerprint density at radius 3 is 2.58 bits per heavy atom. The topological polar surface area (TPSA) is 38.7 Å². The summed E-state index contributed by atoms with van der Waals surface area (Å²) in [5.41, 5.74) is 2.06. The van der Waals surface area contributed by atoms with Crippen LogP contribution < -0.4 is 0 Å². The van der Waals surface area contributed by atoms with Gasteiger partial charge in [0.15, 0.2) is 5.15 Å². The summed E-state index contributed by atoms with van der Waals surface area (Å²) in [5, 5.41) is 10.6. The number of aromatic nitrogens is 3. The molecule has 0 spiro atoms. The molecule has 94 valence electrons. The van der Waals surface area contributed by atoms with Crippen LogP contribution in [0.25, 0.3) is 10.8 Å². The van der Waals surface area contributed by atoms with Gasteiger partial charge in [-0.25, -0.2) is 0 Å². The molecule has 0 N–H and O–H groups in total. The zero-order valence-electron chi connectivity index (χ0n) is 9.85. The van der Waals surface area contributed by atoms with Crippen molar-refractivity contribution in [2.75, 3.05) is 0 Å². The molecule has 0 bridgehead atoms. The highest BCUT2D eigenvalue weighted by atomic mass is 79.9. The standard InChI is InChI=1S/C14H9BrClN3/c15-10-1-2-11-12(8-10)14(16)19-18-13(11)7-9-3-5-17-6-4-9/h1-6,8H,7H2. The van der Waals surface area contributed by atoms with E-state index in [4.69, 9.17) is 11.6 Å². The fraction of sp³-hybridized carbons (Fsp3) is 0.0714. The molecule has 0 fully saturated rings. The van der Waals surface area contributed by atoms with Gasteiger partial charge in [0, 0.05) is 34.1 Å². The molecule has 0 atom stereocenters. The molecular formula is C14H9BrClN3. The van der Waals surface area contributed by atoms with Crippen molar-refractivity contribution >= 4 is 38.3 Å². The number of halogens is 2. The summed E-state index contributed by atoms with van der Waals surface area (Å²) >= 11 is 9.54. The third kappa shape index (κ3) is 2.60. The van der Waals surface area contributed by atoms with E-state index in [1.807, 2.05) is 30.3 Å². The molecule has 2 aromatic heterocycles. The first kappa shape index (κ1) is 12.5. The fourth-order valence-corrected chi connectivity index (χ4v) is 2.53. The van der Waals surface area contributed by atoms with E-state index in [0.717, 1.165) is 26.5 Å². The van der Waals surface area contributed by atoms with E-state index in [-0.39, 0.29) is 0 Å². The Morgan fingerprint density at radius 2 is 1.79 bits per heavy atom. The molecule has 5 heteroatoms. The molecule has 0 aliphatic heterocycles. The third-order valence-corrected chi connectivity index (χ3v) is 3.67. The summed E-state index contributed by atoms with van der Waals surface area (Å²) < 4.78 is 0.977. The van der Waals surface area contributed by atoms with Crippen LogP contribution in [-0.4, -0.2) is 15.2 Å². The van der Waals surface area contributed by atoms with Crippen molar-refractivity contribution < 1.29 is 0 Å². The Balaban J connectivity index is 2.12. The van der Waals surface area contributed by atoms with E-state index >= 15 is 0 Å². The van der Waals surface area contributed by atoms with Gasteiger partial charge < -0.3 is 0 Å². The van der Waals surface area contributed by atoms with Gasteiger partial charge in [0.1, 0.15) is 0 Å². The average molecular weight is 335 g/mol. The number of hydrogen-bond acceptors (Lipinski definition) is 3. The number of hydrogen-bond donors (Lipinski definition) is 0. The SMILES string of the molecule is Clc1nnc(Cc2ccncc2)c2ccc(Br)cc12. The minimum absolute atomic E-state index is 0.426. The summed E-state index contributed by atoms with van der Waals surface area (Å²) in [5.74, 6) is 0. The smallest absolute Gasteiger partial charge is 0.159 e. The van der Waals surface area contributed by atoms with Crippen molar-refractivity contribution in [3.8, 4) is 0 Å². The highest BCUT2D eigenvalue weighted by Crippen LogP contribution is 2.27. The molecule has 1 aromatic carbocycles. The lowest BCUT2D eigenvalue weighted by molar-refractivity contribution is 0.957. The lowest BCUT2D eigenvalue weighted by atomic mass is 10.1. The molecule has 0 aliphatic rings. The monoisotopic (exact) mass is 333 g/mol. The second kappa shape index (κ2) is 5.23. The Morgan fingerprint density at radius 1 is 1.00 bits per heavy atom. The molecule has 0 unspecified atom stereocenters. The first-order chi connectivity index (χ1) is 9.24. The molecule has 3 rings (SSSR count). The molecule has 0 radical (unpaired) electrons. The van der Waals surface area contributed by atoms with E-state index in [0.29, 0.717) is 11.6 Å². The van der Waals surface area contributed by atoms with Crippen LogP contribution in [0.2, 0.25) is 5.15 Å². The summed E-state index contributed by atoms with van der Waals surface area (Å²) in [7, 11) is 0. The van der Waals surface area contributed by atoms with Crippen LogP contribution in [0, 0.1) is 0 Å². The van der Waals surface area contributed by atoms with Gasteiger partial charge in [-0.05, 0) is 29.8 Å². The molecule has 2 heterocycles. The Hall–Kier alpha value is -1.52. The maximum atomic E-state index is 6.10. The second-order valence-corrected chi connectivity index (χ2v) is 5.43. The normalized spacial score (nSPS) is 10.8. The molecule has 0 amide bonds. The van der Waals surface area contributed by atoms with E-state index < -0.39 is 0 Å². The highest BCUT2D eigenvalue weighted by Gasteiger charge is 2.09. The van der Waals surface area contributed by atoms with Gasteiger partial charge in [-0.2, -0.15) is 5.10 Å². The van der Waals surface area contributed by atoms with Crippen LogP contribution in [0.1, 0.15) is 11.3 Å². The van der Waals surface area contributed by atoms with Crippen molar-refractivity contribution in [1.82, 2.24) is 15.2 Å². The van der Waals surface area contributed by atoms with Gasteiger partial charge in [0.25, 0.3) is 0 Å². The Kier molecular flexibility index (Phi) is 3.44. The van der Waals surface area contributed by atoms with Crippen LogP contribution in [0.15, 0.2) is 47.2 Å². The summed E-state index contributed by atoms with van der Waals surface area (Å²) in [4.78, 5) is 4.01. The first-order valence-electron chi connectivity index (χ1n) is 5.73. The molecule has 3 nitrogen and oxygen atoms in total. The van der Waals surface area contributed by atoms with Crippen LogP contribution in [0.3, 0.4) is 0 Å². The molecule has 0 saturated carbocycles. The van der Waals surface area contributed by atoms with Gasteiger partial charge in [0.2, 0.25) is 0 Å². The number of nitrogens with zero attached hydrogens (tertiary/aromatic N) is 3. The van der Waals surface area contributed by atoms with Crippen molar-refractivity contribution in [1.29, 1.82) is 0 Å². The lowest BCUT2D eigenvalue weighted by Crippen LogP contribution is -1.97. The number of benzene rings is 1. The van der Waals surface area contributed by atoms with Crippen molar-refractivity contribution in [3.63, 3.8) is 0 Å². The molecule has 0 saturated heterocycles. The van der Waals surface area contributed by atoms with Crippen LogP contribution in [0.5, 0.6) is 0 Å². The van der Waals surface area contributed by atoms with Gasteiger partial charge in [-0.3, -0.25) is 4.98 Å². The molecule has 3 aromatic rings. The molecule has 0 aliphatic carbocycles. The van der Waals surface area contributed by atoms with Crippen LogP contribution in [0.4, 0.5) is 0 Å². The molecular weight excluding hydrogens is 326 g/mol. The largest absolute Gasteiger partial charge is 0.265 e. The third-order valence-electron chi connectivity index (χ3n) is 2.89. The maximum absolute atomic E-state index is 6.10. The van der Waals surface area contributed by atoms with Crippen LogP contribution >= 0.6 is 27.5 Å². The zero-order valence-corrected chi connectivity index (χ0v) is 12.2. The van der Waals surface area contributed by atoms with Crippen molar-refractivity contribution in [2.45, 2.75) is 6.42 Å². The average Bonchev–Trinajstić information content (AvgIpc) is 2.43. The predicted molar refractivity (Wildman–Crippen MR) is 79.3 cm³/mol. The minimum atomic E-state index is 0.426. The van der Waals surface area contributed by atoms with Crippen molar-refractivity contribution in [3.05, 3.63) is 63.6 Å². The second-order valence-electron chi connectivity index (χ2n) is 4.16. The first-order valence-corrected chi connectivity index (χ1v) is 6.90. The van der Waals surface area contributed by atoms with E-state index in [2.05, 4.69) is 31.1 Å². The maximum Gasteiger partial charge on any atom is 0.159 e. The van der Waals surface area contributed by atoms with E-state index in [1.165, 1.54) is 0 Å². The van der Waals surface area contributed by atoms with Crippen LogP contribution in [-0.2, 0) is 6.42 Å². The van der Waals surface area contributed by atoms with Gasteiger partial charge in [-0.1, -0.05) is 33.6 Å². The lowest BCUT2D eigenvalue weighted by Gasteiger charge is -2.06. The highest BCUT2D eigenvalue weighted by molar-refractivity contribution is 9.10. The zero-order chi connectivity index (χ0) is 13.2. The Bertz CT molecular complexity index is 731. The van der Waals surface area contributed by atoms with Gasteiger partial charge in [0.05, 0.1) is 5.69 Å². The molecule has 19 heavy (non-hydrogen) atoms. The Labute approximate surface area is 123 Å². The van der Waals surface area contributed by atoms with Gasteiger partial charge in [-0.15, -0.1) is 5.10 Å². The number of fused-ring (bicyclic) bond motifs is 1. The summed E-state index contributed by atoms with van der Waals surface area (Å²) in [6, 6.07) is 9.90. The number of rotatable bonds is 2. The number of pyridine rings is 1. The minimum Gasteiger partial charge on any atom is -0.265 e. The van der Waals surface area contributed by atoms with Crippen molar-refractivity contribution in [2.24, 2.45) is 0 Å². The van der Waals surface area contributed by atoms with E-state index in [1.54, 1.807) is 12.4 Å². The summed E-state index contributed by atoms with van der Waals surface area (Å²) in [6.07, 6.45) is 4.26. The van der Waals surface area contributed by atoms with Gasteiger partial charge >= 0.3 is 0 Å². The summed E-state index contributed by atoms with van der Waals surface area (Å²) in [6.45, 7) is 0.